The van der Waals surface area contributed by atoms with Crippen LogP contribution in [-0.2, 0) is 21.2 Å². The lowest BCUT2D eigenvalue weighted by Gasteiger charge is -2.35. The molecule has 0 unspecified atom stereocenters. The molecule has 2 aliphatic rings. The molecule has 1 amide bonds. The number of aromatic nitrogens is 2. The maximum atomic E-state index is 15.2. The molecule has 48 heavy (non-hydrogen) atoms. The minimum Gasteiger partial charge on any atom is -0.384 e. The summed E-state index contributed by atoms with van der Waals surface area (Å²) in [6, 6.07) is 6.67. The average molecular weight is 682 g/mol. The molecule has 0 saturated carbocycles. The zero-order chi connectivity index (χ0) is 34.4. The quantitative estimate of drug-likeness (QED) is 0.231. The predicted octanol–water partition coefficient (Wildman–Crippen LogP) is 4.50. The number of allylic oxidation sites excluding steroid dienone is 5. The third kappa shape index (κ3) is 8.19. The van der Waals surface area contributed by atoms with Crippen LogP contribution in [0.5, 0.6) is 0 Å². The number of nitrogen functional groups attached to an aromatic ring is 1. The summed E-state index contributed by atoms with van der Waals surface area (Å²) in [6.07, 6.45) is 9.37. The number of rotatable bonds is 11. The molecule has 3 atom stereocenters. The van der Waals surface area contributed by atoms with Crippen molar-refractivity contribution in [1.29, 1.82) is 0 Å². The second kappa shape index (κ2) is 15.2. The van der Waals surface area contributed by atoms with Crippen molar-refractivity contribution in [3.63, 3.8) is 0 Å². The van der Waals surface area contributed by atoms with Gasteiger partial charge in [0.05, 0.1) is 24.1 Å². The Morgan fingerprint density at radius 3 is 2.60 bits per heavy atom. The summed E-state index contributed by atoms with van der Waals surface area (Å²) in [7, 11) is -3.85. The number of halogens is 3. The van der Waals surface area contributed by atoms with Gasteiger partial charge in [0.2, 0.25) is 15.9 Å². The molecular formula is C34H38F3N7O3S. The van der Waals surface area contributed by atoms with E-state index in [-0.39, 0.29) is 34.9 Å². The van der Waals surface area contributed by atoms with Crippen molar-refractivity contribution in [2.24, 2.45) is 5.73 Å². The summed E-state index contributed by atoms with van der Waals surface area (Å²) >= 11 is 0. The summed E-state index contributed by atoms with van der Waals surface area (Å²) in [5, 5.41) is 5.93. The highest BCUT2D eigenvalue weighted by atomic mass is 32.2. The summed E-state index contributed by atoms with van der Waals surface area (Å²) in [5.74, 6) is -2.90. The smallest absolute Gasteiger partial charge is 0.244 e. The number of nitrogens with one attached hydrogen (secondary N) is 2. The summed E-state index contributed by atoms with van der Waals surface area (Å²) in [4.78, 5) is 21.5. The molecule has 5 rings (SSSR count). The lowest BCUT2D eigenvalue weighted by Crippen LogP contribution is -2.53. The zero-order valence-corrected chi connectivity index (χ0v) is 27.2. The van der Waals surface area contributed by atoms with E-state index in [4.69, 9.17) is 11.5 Å². The molecule has 0 spiro atoms. The third-order valence-electron chi connectivity index (χ3n) is 8.53. The first kappa shape index (κ1) is 35.0. The van der Waals surface area contributed by atoms with Gasteiger partial charge in [0.1, 0.15) is 28.2 Å². The van der Waals surface area contributed by atoms with E-state index in [9.17, 15) is 22.0 Å². The van der Waals surface area contributed by atoms with Gasteiger partial charge in [-0.25, -0.2) is 26.6 Å². The molecule has 3 heterocycles. The summed E-state index contributed by atoms with van der Waals surface area (Å²) in [5.41, 5.74) is 14.2. The number of sulfonamides is 1. The summed E-state index contributed by atoms with van der Waals surface area (Å²) in [6.45, 7) is 2.89. The van der Waals surface area contributed by atoms with Gasteiger partial charge in [-0.1, -0.05) is 29.4 Å². The van der Waals surface area contributed by atoms with Crippen molar-refractivity contribution in [1.82, 2.24) is 19.6 Å². The minimum atomic E-state index is -3.85. The van der Waals surface area contributed by atoms with Crippen LogP contribution in [0, 0.1) is 11.6 Å². The Labute approximate surface area is 277 Å². The average Bonchev–Trinajstić information content (AvgIpc) is 3.22. The first-order valence-electron chi connectivity index (χ1n) is 15.6. The standard InChI is InChI=1S/C34H38F3N7O3S/c1-21-5-6-23(16-25(36)15-21)32(22-7-9-24(35)10-8-22)33(39)34(45)43-30-20-41-19-29(37)28(30)4-2-3-26-17-40-13-14-44(26)48(46,47)27-11-12-31(38)42-18-27/h5,7-12,15-16,18-20,26,32-33,40H,2-4,6,13-14,17,39H2,1H3,(H2,38,42)(H,43,45)/t26-,32-,33-/m0/s1. The highest BCUT2D eigenvalue weighted by molar-refractivity contribution is 7.89. The van der Waals surface area contributed by atoms with Crippen LogP contribution in [0.2, 0.25) is 0 Å². The van der Waals surface area contributed by atoms with Crippen molar-refractivity contribution in [2.75, 3.05) is 30.7 Å². The van der Waals surface area contributed by atoms with E-state index in [2.05, 4.69) is 20.6 Å². The van der Waals surface area contributed by atoms with Crippen molar-refractivity contribution in [3.05, 3.63) is 113 Å². The van der Waals surface area contributed by atoms with E-state index in [0.717, 1.165) is 6.20 Å². The van der Waals surface area contributed by atoms with Gasteiger partial charge >= 0.3 is 0 Å². The molecule has 1 saturated heterocycles. The largest absolute Gasteiger partial charge is 0.384 e. The number of carbonyl (C=O) groups is 1. The molecule has 1 aliphatic carbocycles. The third-order valence-corrected chi connectivity index (χ3v) is 10.5. The Morgan fingerprint density at radius 1 is 1.10 bits per heavy atom. The number of hydrogen-bond donors (Lipinski definition) is 4. The SMILES string of the molecule is CC1=CCC([C@H](c2ccc(F)cc2)[C@H](N)C(=O)Nc2cncc(F)c2CCC[C@H]2CNCCN2S(=O)(=O)c2ccc(N)nc2)=CC(F)=C1. The van der Waals surface area contributed by atoms with Crippen LogP contribution in [0.1, 0.15) is 43.2 Å². The molecular weight excluding hydrogens is 643 g/mol. The molecule has 254 valence electrons. The first-order chi connectivity index (χ1) is 22.9. The fourth-order valence-corrected chi connectivity index (χ4v) is 7.66. The van der Waals surface area contributed by atoms with Gasteiger partial charge in [-0.05, 0) is 74.6 Å². The van der Waals surface area contributed by atoms with Crippen LogP contribution >= 0.6 is 0 Å². The van der Waals surface area contributed by atoms with Crippen molar-refractivity contribution in [2.45, 2.75) is 55.5 Å². The topological polar surface area (TPSA) is 156 Å². The van der Waals surface area contributed by atoms with Crippen LogP contribution in [0.15, 0.2) is 95.1 Å². The number of pyridine rings is 2. The molecule has 14 heteroatoms. The monoisotopic (exact) mass is 681 g/mol. The number of anilines is 2. The second-order valence-electron chi connectivity index (χ2n) is 11.9. The van der Waals surface area contributed by atoms with Gasteiger partial charge in [0.25, 0.3) is 0 Å². The zero-order valence-electron chi connectivity index (χ0n) is 26.4. The molecule has 1 aliphatic heterocycles. The molecule has 1 fully saturated rings. The maximum Gasteiger partial charge on any atom is 0.244 e. The molecule has 2 aromatic heterocycles. The Kier molecular flexibility index (Phi) is 11.1. The first-order valence-corrected chi connectivity index (χ1v) is 17.0. The predicted molar refractivity (Wildman–Crippen MR) is 178 cm³/mol. The van der Waals surface area contributed by atoms with Gasteiger partial charge in [-0.15, -0.1) is 0 Å². The number of carbonyl (C=O) groups excluding carboxylic acids is 1. The highest BCUT2D eigenvalue weighted by Crippen LogP contribution is 2.34. The number of hydrogen-bond acceptors (Lipinski definition) is 8. The molecule has 0 bridgehead atoms. The van der Waals surface area contributed by atoms with Crippen LogP contribution in [0.25, 0.3) is 0 Å². The van der Waals surface area contributed by atoms with Gasteiger partial charge in [0.15, 0.2) is 0 Å². The lowest BCUT2D eigenvalue weighted by molar-refractivity contribution is -0.117. The number of nitrogens with two attached hydrogens (primary N) is 2. The van der Waals surface area contributed by atoms with E-state index < -0.39 is 51.4 Å². The lowest BCUT2D eigenvalue weighted by atomic mass is 9.82. The summed E-state index contributed by atoms with van der Waals surface area (Å²) < 4.78 is 71.9. The van der Waals surface area contributed by atoms with Crippen LogP contribution in [0.4, 0.5) is 24.7 Å². The number of benzene rings is 1. The van der Waals surface area contributed by atoms with Gasteiger partial charge in [0, 0.05) is 43.4 Å². The Balaban J connectivity index is 1.32. The molecule has 1 aromatic carbocycles. The Morgan fingerprint density at radius 2 is 1.88 bits per heavy atom. The molecule has 0 radical (unpaired) electrons. The van der Waals surface area contributed by atoms with Crippen molar-refractivity contribution >= 4 is 27.4 Å². The van der Waals surface area contributed by atoms with Crippen LogP contribution < -0.4 is 22.1 Å². The van der Waals surface area contributed by atoms with Crippen LogP contribution in [0.3, 0.4) is 0 Å². The minimum absolute atomic E-state index is 0.0357. The van der Waals surface area contributed by atoms with E-state index in [1.807, 2.05) is 6.08 Å². The van der Waals surface area contributed by atoms with Crippen molar-refractivity contribution < 1.29 is 26.4 Å². The van der Waals surface area contributed by atoms with Crippen molar-refractivity contribution in [3.8, 4) is 0 Å². The Hall–Kier alpha value is -4.37. The molecule has 3 aromatic rings. The van der Waals surface area contributed by atoms with E-state index in [1.54, 1.807) is 6.92 Å². The maximum absolute atomic E-state index is 15.2. The van der Waals surface area contributed by atoms with E-state index >= 15 is 4.39 Å². The highest BCUT2D eigenvalue weighted by Gasteiger charge is 2.34. The number of piperazine rings is 1. The Bertz CT molecular complexity index is 1830. The van der Waals surface area contributed by atoms with Gasteiger partial charge < -0.3 is 22.1 Å². The van der Waals surface area contributed by atoms with E-state index in [1.165, 1.54) is 65.2 Å². The molecule has 6 N–H and O–H groups in total. The normalized spacial score (nSPS) is 18.6. The fraction of sp³-hybridized carbons (Fsp3) is 0.324. The van der Waals surface area contributed by atoms with Gasteiger partial charge in [-0.3, -0.25) is 9.78 Å². The molecule has 10 nitrogen and oxygen atoms in total. The second-order valence-corrected chi connectivity index (χ2v) is 13.8. The van der Waals surface area contributed by atoms with Crippen LogP contribution in [-0.4, -0.2) is 60.3 Å². The van der Waals surface area contributed by atoms with Gasteiger partial charge in [-0.2, -0.15) is 4.31 Å². The number of nitrogens with zero attached hydrogens (tertiary/aromatic N) is 3. The number of amides is 1. The van der Waals surface area contributed by atoms with E-state index in [0.29, 0.717) is 49.1 Å². The fourth-order valence-electron chi connectivity index (χ4n) is 6.06.